The maximum atomic E-state index is 13.2. The summed E-state index contributed by atoms with van der Waals surface area (Å²) in [6.07, 6.45) is 2.14. The van der Waals surface area contributed by atoms with Crippen molar-refractivity contribution in [1.82, 2.24) is 10.2 Å². The quantitative estimate of drug-likeness (QED) is 0.365. The summed E-state index contributed by atoms with van der Waals surface area (Å²) in [5, 5.41) is 21.2. The van der Waals surface area contributed by atoms with Crippen LogP contribution in [-0.2, 0) is 17.8 Å². The lowest BCUT2D eigenvalue weighted by atomic mass is 10.1. The third kappa shape index (κ3) is 5.81. The van der Waals surface area contributed by atoms with Gasteiger partial charge in [-0.2, -0.15) is 5.26 Å². The highest BCUT2D eigenvalue weighted by molar-refractivity contribution is 7.15. The molecule has 0 saturated carbocycles. The first-order valence-corrected chi connectivity index (χ1v) is 10.6. The Bertz CT molecular complexity index is 1210. The van der Waals surface area contributed by atoms with Gasteiger partial charge in [0.2, 0.25) is 5.13 Å². The Morgan fingerprint density at radius 1 is 1.28 bits per heavy atom. The number of amides is 1. The predicted molar refractivity (Wildman–Crippen MR) is 120 cm³/mol. The summed E-state index contributed by atoms with van der Waals surface area (Å²) in [5.74, 6) is -0.196. The Kier molecular flexibility index (Phi) is 7.76. The summed E-state index contributed by atoms with van der Waals surface area (Å²) >= 11 is 7.28. The minimum absolute atomic E-state index is 0.105. The number of methoxy groups -OCH3 is 1. The zero-order valence-electron chi connectivity index (χ0n) is 17.2. The van der Waals surface area contributed by atoms with Gasteiger partial charge in [0.1, 0.15) is 29.1 Å². The number of hydrogen-bond acceptors (Lipinski definition) is 7. The SMILES string of the molecule is CCc1nnc(NC(=O)/C(C#N)=C/c2ccc(OCc3ccc(F)cc3Cl)c(OC)c2)s1. The first-order chi connectivity index (χ1) is 15.4. The van der Waals surface area contributed by atoms with Crippen LogP contribution in [0.1, 0.15) is 23.1 Å². The third-order valence-corrected chi connectivity index (χ3v) is 5.59. The molecule has 3 rings (SSSR count). The number of halogens is 2. The molecule has 1 aromatic heterocycles. The Morgan fingerprint density at radius 2 is 2.09 bits per heavy atom. The molecule has 1 amide bonds. The molecule has 2 aromatic carbocycles. The fourth-order valence-corrected chi connectivity index (χ4v) is 3.51. The first-order valence-electron chi connectivity index (χ1n) is 9.43. The van der Waals surface area contributed by atoms with Crippen LogP contribution in [0.25, 0.3) is 6.08 Å². The van der Waals surface area contributed by atoms with Gasteiger partial charge in [-0.05, 0) is 42.3 Å². The standard InChI is InChI=1S/C22H18ClFN4O3S/c1-3-20-27-28-22(32-20)26-21(29)15(11-25)8-13-4-7-18(19(9-13)30-2)31-12-14-5-6-16(24)10-17(14)23/h4-10H,3,12H2,1-2H3,(H,26,28,29)/b15-8+. The molecule has 0 aliphatic carbocycles. The van der Waals surface area contributed by atoms with Crippen molar-refractivity contribution in [3.63, 3.8) is 0 Å². The molecule has 32 heavy (non-hydrogen) atoms. The summed E-state index contributed by atoms with van der Waals surface area (Å²) in [6, 6.07) is 10.9. The van der Waals surface area contributed by atoms with Crippen LogP contribution in [0, 0.1) is 17.1 Å². The van der Waals surface area contributed by atoms with Crippen molar-refractivity contribution in [1.29, 1.82) is 5.26 Å². The number of ether oxygens (including phenoxy) is 2. The van der Waals surface area contributed by atoms with E-state index in [0.29, 0.717) is 34.2 Å². The van der Waals surface area contributed by atoms with Crippen molar-refractivity contribution in [3.05, 3.63) is 68.9 Å². The van der Waals surface area contributed by atoms with E-state index in [0.717, 1.165) is 5.01 Å². The molecule has 0 aliphatic heterocycles. The van der Waals surface area contributed by atoms with E-state index in [9.17, 15) is 14.4 Å². The van der Waals surface area contributed by atoms with Crippen LogP contribution in [0.2, 0.25) is 5.02 Å². The van der Waals surface area contributed by atoms with Crippen molar-refractivity contribution in [2.75, 3.05) is 12.4 Å². The monoisotopic (exact) mass is 472 g/mol. The van der Waals surface area contributed by atoms with Crippen molar-refractivity contribution >= 4 is 40.1 Å². The Labute approximate surface area is 193 Å². The van der Waals surface area contributed by atoms with Crippen molar-refractivity contribution in [2.24, 2.45) is 0 Å². The van der Waals surface area contributed by atoms with E-state index in [4.69, 9.17) is 21.1 Å². The zero-order chi connectivity index (χ0) is 23.1. The number of carbonyl (C=O) groups excluding carboxylic acids is 1. The number of hydrogen-bond donors (Lipinski definition) is 1. The zero-order valence-corrected chi connectivity index (χ0v) is 18.8. The maximum Gasteiger partial charge on any atom is 0.268 e. The molecule has 0 spiro atoms. The highest BCUT2D eigenvalue weighted by atomic mass is 35.5. The van der Waals surface area contributed by atoms with E-state index in [2.05, 4.69) is 15.5 Å². The summed E-state index contributed by atoms with van der Waals surface area (Å²) in [4.78, 5) is 12.4. The van der Waals surface area contributed by atoms with Gasteiger partial charge in [-0.25, -0.2) is 4.39 Å². The predicted octanol–water partition coefficient (Wildman–Crippen LogP) is 5.03. The lowest BCUT2D eigenvalue weighted by Gasteiger charge is -2.12. The van der Waals surface area contributed by atoms with Crippen molar-refractivity contribution in [2.45, 2.75) is 20.0 Å². The van der Waals surface area contributed by atoms with E-state index >= 15 is 0 Å². The van der Waals surface area contributed by atoms with E-state index in [-0.39, 0.29) is 17.2 Å². The van der Waals surface area contributed by atoms with Gasteiger partial charge in [0.25, 0.3) is 5.91 Å². The van der Waals surface area contributed by atoms with E-state index in [1.165, 1.54) is 36.7 Å². The Morgan fingerprint density at radius 3 is 2.75 bits per heavy atom. The molecule has 0 radical (unpaired) electrons. The molecule has 0 aliphatic rings. The molecule has 1 N–H and O–H groups in total. The molecular formula is C22H18ClFN4O3S. The number of aromatic nitrogens is 2. The number of benzene rings is 2. The second-order valence-corrected chi connectivity index (χ2v) is 7.88. The van der Waals surface area contributed by atoms with Crippen molar-refractivity contribution in [3.8, 4) is 17.6 Å². The van der Waals surface area contributed by atoms with Gasteiger partial charge in [0.15, 0.2) is 11.5 Å². The number of rotatable bonds is 8. The number of nitriles is 1. The molecule has 1 heterocycles. The fraction of sp³-hybridized carbons (Fsp3) is 0.182. The van der Waals surface area contributed by atoms with Crippen LogP contribution in [0.15, 0.2) is 42.0 Å². The highest BCUT2D eigenvalue weighted by Gasteiger charge is 2.14. The highest BCUT2D eigenvalue weighted by Crippen LogP contribution is 2.30. The van der Waals surface area contributed by atoms with Crippen LogP contribution in [0.4, 0.5) is 9.52 Å². The minimum atomic E-state index is -0.587. The average Bonchev–Trinajstić information content (AvgIpc) is 3.24. The summed E-state index contributed by atoms with van der Waals surface area (Å²) < 4.78 is 24.3. The smallest absolute Gasteiger partial charge is 0.268 e. The first kappa shape index (κ1) is 23.2. The molecule has 164 valence electrons. The van der Waals surface area contributed by atoms with Gasteiger partial charge < -0.3 is 9.47 Å². The summed E-state index contributed by atoms with van der Waals surface area (Å²) in [7, 11) is 1.47. The second-order valence-electron chi connectivity index (χ2n) is 6.41. The van der Waals surface area contributed by atoms with Crippen LogP contribution in [0.5, 0.6) is 11.5 Å². The molecule has 0 atom stereocenters. The Balaban J connectivity index is 1.74. The average molecular weight is 473 g/mol. The van der Waals surface area contributed by atoms with Gasteiger partial charge in [-0.1, -0.05) is 42.0 Å². The molecule has 10 heteroatoms. The van der Waals surface area contributed by atoms with Crippen LogP contribution < -0.4 is 14.8 Å². The molecule has 0 fully saturated rings. The van der Waals surface area contributed by atoms with E-state index in [1.54, 1.807) is 24.3 Å². The van der Waals surface area contributed by atoms with Crippen LogP contribution in [-0.4, -0.2) is 23.2 Å². The third-order valence-electron chi connectivity index (χ3n) is 4.25. The van der Waals surface area contributed by atoms with Crippen molar-refractivity contribution < 1.29 is 18.7 Å². The number of nitrogens with zero attached hydrogens (tertiary/aromatic N) is 3. The van der Waals surface area contributed by atoms with Gasteiger partial charge >= 0.3 is 0 Å². The molecule has 3 aromatic rings. The second kappa shape index (κ2) is 10.7. The van der Waals surface area contributed by atoms with Gasteiger partial charge in [0.05, 0.1) is 12.1 Å². The molecule has 0 saturated heterocycles. The minimum Gasteiger partial charge on any atom is -0.493 e. The lowest BCUT2D eigenvalue weighted by Crippen LogP contribution is -2.13. The topological polar surface area (TPSA) is 97.1 Å². The van der Waals surface area contributed by atoms with E-state index in [1.807, 2.05) is 13.0 Å². The lowest BCUT2D eigenvalue weighted by molar-refractivity contribution is -0.112. The number of aryl methyl sites for hydroxylation is 1. The molecule has 7 nitrogen and oxygen atoms in total. The largest absolute Gasteiger partial charge is 0.493 e. The molecule has 0 bridgehead atoms. The number of carbonyl (C=O) groups is 1. The number of nitrogens with one attached hydrogen (secondary N) is 1. The molecular weight excluding hydrogens is 455 g/mol. The summed E-state index contributed by atoms with van der Waals surface area (Å²) in [5.41, 5.74) is 1.07. The summed E-state index contributed by atoms with van der Waals surface area (Å²) in [6.45, 7) is 2.04. The molecule has 0 unspecified atom stereocenters. The van der Waals surface area contributed by atoms with Crippen LogP contribution >= 0.6 is 22.9 Å². The van der Waals surface area contributed by atoms with Crippen LogP contribution in [0.3, 0.4) is 0 Å². The van der Waals surface area contributed by atoms with E-state index < -0.39 is 11.7 Å². The normalized spacial score (nSPS) is 11.0. The number of anilines is 1. The fourth-order valence-electron chi connectivity index (χ4n) is 2.61. The Hall–Kier alpha value is -3.48. The van der Waals surface area contributed by atoms with Gasteiger partial charge in [-0.15, -0.1) is 10.2 Å². The maximum absolute atomic E-state index is 13.2. The van der Waals surface area contributed by atoms with Gasteiger partial charge in [-0.3, -0.25) is 10.1 Å². The van der Waals surface area contributed by atoms with Gasteiger partial charge in [0, 0.05) is 5.56 Å².